The number of esters is 2. The first kappa shape index (κ1) is 41.5. The number of hydrogen-bond donors (Lipinski definition) is 5. The van der Waals surface area contributed by atoms with Crippen molar-refractivity contribution in [2.75, 3.05) is 23.8 Å². The number of aryl methyl sites for hydroxylation is 1. The van der Waals surface area contributed by atoms with Gasteiger partial charge in [0.2, 0.25) is 0 Å². The smallest absolute Gasteiger partial charge is 0.352 e. The first-order chi connectivity index (χ1) is 25.2. The number of carbonyl (C=O) groups is 7. The summed E-state index contributed by atoms with van der Waals surface area (Å²) in [6.45, 7) is 3.24. The van der Waals surface area contributed by atoms with Crippen LogP contribution in [0.25, 0.3) is 0 Å². The Labute approximate surface area is 327 Å². The maximum Gasteiger partial charge on any atom is 0.352 e. The highest BCUT2D eigenvalue weighted by Gasteiger charge is 2.54. The van der Waals surface area contributed by atoms with Crippen molar-refractivity contribution in [2.45, 2.75) is 36.5 Å². The second kappa shape index (κ2) is 18.2. The first-order valence-corrected chi connectivity index (χ1v) is 18.6. The molecule has 0 spiro atoms. The molecule has 20 nitrogen and oxygen atoms in total. The van der Waals surface area contributed by atoms with Crippen molar-refractivity contribution < 1.29 is 53.0 Å². The highest BCUT2D eigenvalue weighted by Crippen LogP contribution is 2.42. The molecular weight excluding hydrogens is 814 g/mol. The van der Waals surface area contributed by atoms with Crippen LogP contribution < -0.4 is 31.4 Å². The average molecular weight is 842 g/mol. The van der Waals surface area contributed by atoms with Gasteiger partial charge in [-0.25, -0.2) is 9.78 Å². The van der Waals surface area contributed by atoms with Crippen LogP contribution in [0.4, 0.5) is 5.13 Å². The van der Waals surface area contributed by atoms with E-state index in [-0.39, 0.29) is 57.5 Å². The third-order valence-corrected chi connectivity index (χ3v) is 10.8. The third-order valence-electron chi connectivity index (χ3n) is 6.77. The van der Waals surface area contributed by atoms with Gasteiger partial charge in [0.05, 0.1) is 0 Å². The lowest BCUT2D eigenvalue weighted by Gasteiger charge is -2.49. The number of hydrogen-bond acceptors (Lipinski definition) is 19. The average Bonchev–Trinajstić information content (AvgIpc) is 3.73. The maximum atomic E-state index is 13.4. The number of aromatic nitrogens is 3. The zero-order valence-electron chi connectivity index (χ0n) is 28.0. The lowest BCUT2D eigenvalue weighted by Crippen LogP contribution is -2.71. The van der Waals surface area contributed by atoms with Gasteiger partial charge in [-0.2, -0.15) is 0 Å². The van der Waals surface area contributed by atoms with E-state index in [2.05, 4.69) is 36.5 Å². The number of benzene rings is 1. The zero-order valence-corrected chi connectivity index (χ0v) is 32.1. The van der Waals surface area contributed by atoms with Gasteiger partial charge in [0.25, 0.3) is 23.6 Å². The van der Waals surface area contributed by atoms with E-state index < -0.39 is 65.3 Å². The number of nitrogens with two attached hydrogens (primary N) is 1. The lowest BCUT2D eigenvalue weighted by molar-refractivity contribution is -0.150. The number of oxime groups is 1. The second-order valence-corrected chi connectivity index (χ2v) is 15.0. The van der Waals surface area contributed by atoms with Gasteiger partial charge < -0.3 is 30.5 Å². The minimum absolute atomic E-state index is 0. The number of thiazole rings is 1. The largest absolute Gasteiger partial charge is 0.477 e. The van der Waals surface area contributed by atoms with Gasteiger partial charge in [-0.15, -0.1) is 45.7 Å². The first-order valence-electron chi connectivity index (χ1n) is 14.9. The minimum atomic E-state index is -1.29. The number of nitrogens with one attached hydrogen (secondary N) is 3. The number of thioether (sulfide) groups is 2. The number of carbonyl (C=O) groups excluding carboxylic acids is 6. The fourth-order valence-corrected chi connectivity index (χ4v) is 8.45. The van der Waals surface area contributed by atoms with Crippen LogP contribution >= 0.6 is 58.6 Å². The quantitative estimate of drug-likeness (QED) is 0.0399. The minimum Gasteiger partial charge on any atom is -0.477 e. The van der Waals surface area contributed by atoms with Gasteiger partial charge in [-0.3, -0.25) is 44.5 Å². The number of aliphatic carboxylic acids is 1. The fourth-order valence-electron chi connectivity index (χ4n) is 4.60. The summed E-state index contributed by atoms with van der Waals surface area (Å²) in [5.74, 6) is -5.83. The van der Waals surface area contributed by atoms with E-state index in [1.807, 2.05) is 0 Å². The summed E-state index contributed by atoms with van der Waals surface area (Å²) < 4.78 is 10.6. The fraction of sp³-hybridized carbons (Fsp3) is 0.276. The van der Waals surface area contributed by atoms with Crippen molar-refractivity contribution in [1.29, 1.82) is 0 Å². The van der Waals surface area contributed by atoms with Crippen molar-refractivity contribution in [3.63, 3.8) is 0 Å². The molecule has 25 heteroatoms. The Balaban J connectivity index is 0.00000650. The summed E-state index contributed by atoms with van der Waals surface area (Å²) in [6, 6.07) is 2.46. The molecule has 2 aliphatic heterocycles. The second-order valence-electron chi connectivity index (χ2n) is 10.6. The SMILES string of the molecule is CC(=O)Oc1ccc(C(=O)NNC(=O)CON=C(C(=O)NC2C(=O)N3C(C(=O)O)=C(CSc4nnc(C)s4)CS[C@@H]23)c2csc(N)n2)cc1OC(C)=O.Cl. The van der Waals surface area contributed by atoms with Gasteiger partial charge in [0.1, 0.15) is 27.8 Å². The van der Waals surface area contributed by atoms with Gasteiger partial charge in [-0.1, -0.05) is 28.3 Å². The number of hydrazine groups is 1. The Morgan fingerprint density at radius 2 is 1.81 bits per heavy atom. The molecule has 0 bridgehead atoms. The molecule has 0 aliphatic carbocycles. The van der Waals surface area contributed by atoms with Crippen molar-refractivity contribution in [3.05, 3.63) is 51.1 Å². The van der Waals surface area contributed by atoms with Crippen molar-refractivity contribution >= 4 is 111 Å². The van der Waals surface area contributed by atoms with Crippen LogP contribution in [-0.2, 0) is 33.6 Å². The molecule has 286 valence electrons. The summed E-state index contributed by atoms with van der Waals surface area (Å²) >= 11 is 4.93. The summed E-state index contributed by atoms with van der Waals surface area (Å²) in [4.78, 5) is 96.9. The van der Waals surface area contributed by atoms with E-state index in [1.54, 1.807) is 6.92 Å². The molecule has 6 N–H and O–H groups in total. The molecule has 2 aliphatic rings. The van der Waals surface area contributed by atoms with Gasteiger partial charge in [-0.05, 0) is 30.7 Å². The molecule has 2 atom stereocenters. The highest BCUT2D eigenvalue weighted by atomic mass is 35.5. The van der Waals surface area contributed by atoms with Crippen molar-refractivity contribution in [3.8, 4) is 11.5 Å². The Hall–Kier alpha value is -5.30. The number of anilines is 1. The summed E-state index contributed by atoms with van der Waals surface area (Å²) in [7, 11) is 0. The topological polar surface area (TPSA) is 284 Å². The Morgan fingerprint density at radius 1 is 1.09 bits per heavy atom. The summed E-state index contributed by atoms with van der Waals surface area (Å²) in [5, 5.41) is 25.7. The zero-order chi connectivity index (χ0) is 38.4. The predicted molar refractivity (Wildman–Crippen MR) is 196 cm³/mol. The molecule has 1 fully saturated rings. The van der Waals surface area contributed by atoms with Crippen LogP contribution in [-0.4, -0.2) is 102 Å². The van der Waals surface area contributed by atoms with Crippen LogP contribution in [0.1, 0.15) is 34.9 Å². The number of β-lactam (4-membered cyclic amide) rings is 1. The van der Waals surface area contributed by atoms with Crippen LogP contribution in [0.3, 0.4) is 0 Å². The maximum absolute atomic E-state index is 13.4. The van der Waals surface area contributed by atoms with E-state index in [4.69, 9.17) is 20.0 Å². The van der Waals surface area contributed by atoms with Crippen molar-refractivity contribution in [2.24, 2.45) is 5.16 Å². The molecule has 2 aromatic heterocycles. The number of halogens is 1. The lowest BCUT2D eigenvalue weighted by atomic mass is 10.0. The monoisotopic (exact) mass is 841 g/mol. The number of carboxylic acids is 1. The standard InChI is InChI=1S/C29H27N9O11S4.ClH/c1-11-33-36-29(53-11)52-9-15-8-50-26-21(25(44)38(26)22(15)27(45)46)32-24(43)20(16-10-51-28(30)31-16)37-47-7-19(41)34-35-23(42)14-4-5-17(48-12(2)39)18(6-14)49-13(3)40;/h4-6,10,21,26H,7-9H2,1-3H3,(H2,30,31)(H,32,43)(H,34,41)(H,35,42)(H,45,46);1H/t21?,26-;/m0./s1. The summed E-state index contributed by atoms with van der Waals surface area (Å²) in [5.41, 5.74) is 9.74. The van der Waals surface area contributed by atoms with Crippen LogP contribution in [0.2, 0.25) is 0 Å². The number of carboxylic acid groups (broad SMARTS) is 1. The van der Waals surface area contributed by atoms with E-state index >= 15 is 0 Å². The van der Waals surface area contributed by atoms with Gasteiger partial charge >= 0.3 is 17.9 Å². The van der Waals surface area contributed by atoms with Crippen LogP contribution in [0.5, 0.6) is 11.5 Å². The highest BCUT2D eigenvalue weighted by molar-refractivity contribution is 8.01. The molecule has 1 aromatic carbocycles. The number of ether oxygens (including phenoxy) is 2. The molecule has 0 saturated carbocycles. The predicted octanol–water partition coefficient (Wildman–Crippen LogP) is 0.870. The third kappa shape index (κ3) is 10.0. The van der Waals surface area contributed by atoms with Gasteiger partial charge in [0, 0.05) is 36.3 Å². The molecule has 4 amide bonds. The molecule has 54 heavy (non-hydrogen) atoms. The number of nitrogens with zero attached hydrogens (tertiary/aromatic N) is 5. The molecular formula is C29H28ClN9O11S4. The van der Waals surface area contributed by atoms with E-state index in [9.17, 15) is 38.7 Å². The Morgan fingerprint density at radius 3 is 2.44 bits per heavy atom. The van der Waals surface area contributed by atoms with E-state index in [0.717, 1.165) is 41.2 Å². The number of rotatable bonds is 13. The van der Waals surface area contributed by atoms with E-state index in [0.29, 0.717) is 9.91 Å². The number of fused-ring (bicyclic) bond motifs is 1. The molecule has 1 unspecified atom stereocenters. The van der Waals surface area contributed by atoms with E-state index in [1.165, 1.54) is 52.4 Å². The normalized spacial score (nSPS) is 16.2. The molecule has 5 rings (SSSR count). The Bertz CT molecular complexity index is 2070. The Kier molecular flexibility index (Phi) is 13.9. The molecule has 3 aromatic rings. The van der Waals surface area contributed by atoms with Crippen LogP contribution in [0, 0.1) is 6.92 Å². The van der Waals surface area contributed by atoms with Crippen molar-refractivity contribution in [1.82, 2.24) is 36.2 Å². The van der Waals surface area contributed by atoms with Gasteiger partial charge in [0.15, 0.2) is 33.3 Å². The molecule has 0 radical (unpaired) electrons. The molecule has 4 heterocycles. The van der Waals surface area contributed by atoms with Crippen LogP contribution in [0.15, 0.2) is 44.3 Å². The molecule has 1 saturated heterocycles. The number of nitrogen functional groups attached to an aromatic ring is 1. The number of amides is 4. The summed E-state index contributed by atoms with van der Waals surface area (Å²) in [6.07, 6.45) is 0.